The zero-order valence-electron chi connectivity index (χ0n) is 11.7. The lowest BCUT2D eigenvalue weighted by Gasteiger charge is -2.34. The first-order chi connectivity index (χ1) is 10.1. The van der Waals surface area contributed by atoms with E-state index in [2.05, 4.69) is 21.2 Å². The van der Waals surface area contributed by atoms with Gasteiger partial charge in [0.05, 0.1) is 25.3 Å². The van der Waals surface area contributed by atoms with Crippen LogP contribution in [0.15, 0.2) is 28.7 Å². The fourth-order valence-electron chi connectivity index (χ4n) is 2.88. The van der Waals surface area contributed by atoms with Crippen LogP contribution in [0.3, 0.4) is 0 Å². The van der Waals surface area contributed by atoms with Crippen LogP contribution < -0.4 is 5.32 Å². The molecule has 3 atom stereocenters. The molecule has 114 valence electrons. The van der Waals surface area contributed by atoms with Crippen LogP contribution in [0.5, 0.6) is 0 Å². The molecule has 0 saturated carbocycles. The summed E-state index contributed by atoms with van der Waals surface area (Å²) in [5.74, 6) is 0.0647. The number of carbonyl (C=O) groups is 1. The van der Waals surface area contributed by atoms with Crippen molar-refractivity contribution >= 4 is 21.8 Å². The molecule has 2 aliphatic rings. The molecule has 3 rings (SSSR count). The van der Waals surface area contributed by atoms with Gasteiger partial charge in [-0.3, -0.25) is 4.79 Å². The van der Waals surface area contributed by atoms with Crippen molar-refractivity contribution in [2.75, 3.05) is 26.2 Å². The van der Waals surface area contributed by atoms with Crippen LogP contribution in [0.4, 0.5) is 0 Å². The van der Waals surface area contributed by atoms with Gasteiger partial charge in [0.1, 0.15) is 6.10 Å². The Morgan fingerprint density at radius 1 is 1.48 bits per heavy atom. The van der Waals surface area contributed by atoms with Crippen molar-refractivity contribution in [3.8, 4) is 0 Å². The van der Waals surface area contributed by atoms with Crippen LogP contribution in [0, 0.1) is 0 Å². The van der Waals surface area contributed by atoms with Gasteiger partial charge in [0, 0.05) is 17.6 Å². The molecule has 1 aromatic carbocycles. The number of amides is 1. The van der Waals surface area contributed by atoms with E-state index in [-0.39, 0.29) is 18.1 Å². The maximum atomic E-state index is 12.5. The maximum Gasteiger partial charge on any atom is 0.239 e. The average molecular weight is 355 g/mol. The highest BCUT2D eigenvalue weighted by molar-refractivity contribution is 9.10. The number of aliphatic hydroxyl groups excluding tert-OH is 1. The summed E-state index contributed by atoms with van der Waals surface area (Å²) < 4.78 is 6.81. The van der Waals surface area contributed by atoms with Gasteiger partial charge in [-0.1, -0.05) is 28.1 Å². The van der Waals surface area contributed by atoms with Crippen molar-refractivity contribution < 1.29 is 14.6 Å². The Balaban J connectivity index is 1.67. The van der Waals surface area contributed by atoms with Crippen molar-refractivity contribution in [1.29, 1.82) is 0 Å². The van der Waals surface area contributed by atoms with Gasteiger partial charge in [-0.05, 0) is 24.1 Å². The monoisotopic (exact) mass is 354 g/mol. The van der Waals surface area contributed by atoms with Crippen LogP contribution in [0.2, 0.25) is 0 Å². The second kappa shape index (κ2) is 6.44. The lowest BCUT2D eigenvalue weighted by atomic mass is 10.1. The number of ether oxygens (including phenoxy) is 1. The predicted octanol–water partition coefficient (Wildman–Crippen LogP) is 1.07. The van der Waals surface area contributed by atoms with E-state index in [1.807, 2.05) is 29.2 Å². The molecule has 2 fully saturated rings. The topological polar surface area (TPSA) is 61.8 Å². The summed E-state index contributed by atoms with van der Waals surface area (Å²) >= 11 is 3.46. The number of hydrogen-bond donors (Lipinski definition) is 2. The molecular weight excluding hydrogens is 336 g/mol. The van der Waals surface area contributed by atoms with Crippen LogP contribution >= 0.6 is 15.9 Å². The number of benzene rings is 1. The molecule has 2 aliphatic heterocycles. The van der Waals surface area contributed by atoms with Gasteiger partial charge in [0.2, 0.25) is 5.91 Å². The highest BCUT2D eigenvalue weighted by Crippen LogP contribution is 2.25. The third-order valence-corrected chi connectivity index (χ3v) is 4.50. The molecule has 2 heterocycles. The number of β-amino-alcohol motifs (C(OH)–C–C–N with tert-alkyl or cyclic N) is 1. The van der Waals surface area contributed by atoms with Gasteiger partial charge >= 0.3 is 0 Å². The van der Waals surface area contributed by atoms with E-state index >= 15 is 0 Å². The zero-order chi connectivity index (χ0) is 14.8. The van der Waals surface area contributed by atoms with E-state index in [9.17, 15) is 9.90 Å². The molecule has 1 aromatic rings. The molecule has 0 radical (unpaired) electrons. The third-order valence-electron chi connectivity index (χ3n) is 4.00. The molecule has 0 aromatic heterocycles. The highest BCUT2D eigenvalue weighted by atomic mass is 79.9. The quantitative estimate of drug-likeness (QED) is 0.833. The largest absolute Gasteiger partial charge is 0.392 e. The van der Waals surface area contributed by atoms with Crippen LogP contribution in [0.1, 0.15) is 18.1 Å². The Morgan fingerprint density at radius 2 is 2.33 bits per heavy atom. The van der Waals surface area contributed by atoms with E-state index in [1.165, 1.54) is 0 Å². The number of nitrogens with zero attached hydrogens (tertiary/aromatic N) is 1. The third kappa shape index (κ3) is 3.45. The van der Waals surface area contributed by atoms with E-state index < -0.39 is 6.10 Å². The Hall–Kier alpha value is -0.950. The summed E-state index contributed by atoms with van der Waals surface area (Å²) in [4.78, 5) is 14.3. The molecule has 0 bridgehead atoms. The fourth-order valence-corrected chi connectivity index (χ4v) is 3.30. The number of aliphatic hydroxyl groups is 1. The van der Waals surface area contributed by atoms with Gasteiger partial charge in [0.15, 0.2) is 0 Å². The van der Waals surface area contributed by atoms with Crippen LogP contribution in [-0.4, -0.2) is 54.3 Å². The molecule has 0 aliphatic carbocycles. The predicted molar refractivity (Wildman–Crippen MR) is 81.8 cm³/mol. The van der Waals surface area contributed by atoms with Crippen molar-refractivity contribution in [2.24, 2.45) is 0 Å². The summed E-state index contributed by atoms with van der Waals surface area (Å²) in [7, 11) is 0. The minimum Gasteiger partial charge on any atom is -0.392 e. The van der Waals surface area contributed by atoms with E-state index in [0.717, 1.165) is 10.0 Å². The van der Waals surface area contributed by atoms with E-state index in [4.69, 9.17) is 4.74 Å². The minimum atomic E-state index is -0.416. The number of morpholine rings is 1. The summed E-state index contributed by atoms with van der Waals surface area (Å²) in [5, 5.41) is 12.6. The standard InChI is InChI=1S/C15H19BrN2O3/c16-11-3-1-2-10(6-11)14-9-18(4-5-21-14)15(20)13-7-12(19)8-17-13/h1-3,6,12-14,17,19H,4-5,7-9H2. The summed E-state index contributed by atoms with van der Waals surface area (Å²) in [6.07, 6.45) is -0.00928. The minimum absolute atomic E-state index is 0.0647. The normalized spacial score (nSPS) is 29.6. The first-order valence-electron chi connectivity index (χ1n) is 7.21. The lowest BCUT2D eigenvalue weighted by Crippen LogP contribution is -2.49. The lowest BCUT2D eigenvalue weighted by molar-refractivity contribution is -0.141. The summed E-state index contributed by atoms with van der Waals surface area (Å²) in [6.45, 7) is 2.20. The molecular formula is C15H19BrN2O3. The highest BCUT2D eigenvalue weighted by Gasteiger charge is 2.34. The molecule has 3 unspecified atom stereocenters. The van der Waals surface area contributed by atoms with Crippen molar-refractivity contribution in [3.63, 3.8) is 0 Å². The average Bonchev–Trinajstić information content (AvgIpc) is 2.93. The summed E-state index contributed by atoms with van der Waals surface area (Å²) in [5.41, 5.74) is 1.07. The molecule has 21 heavy (non-hydrogen) atoms. The van der Waals surface area contributed by atoms with E-state index in [1.54, 1.807) is 0 Å². The molecule has 6 heteroatoms. The van der Waals surface area contributed by atoms with Gasteiger partial charge < -0.3 is 20.1 Å². The second-order valence-corrected chi connectivity index (χ2v) is 6.46. The Labute approximate surface area is 132 Å². The SMILES string of the molecule is O=C(C1CC(O)CN1)N1CCOC(c2cccc(Br)c2)C1. The second-order valence-electron chi connectivity index (χ2n) is 5.55. The molecule has 2 saturated heterocycles. The van der Waals surface area contributed by atoms with Gasteiger partial charge in [-0.2, -0.15) is 0 Å². The number of halogens is 1. The van der Waals surface area contributed by atoms with Gasteiger partial charge in [-0.25, -0.2) is 0 Å². The fraction of sp³-hybridized carbons (Fsp3) is 0.533. The Bertz CT molecular complexity index is 525. The van der Waals surface area contributed by atoms with Gasteiger partial charge in [0.25, 0.3) is 0 Å². The molecule has 0 spiro atoms. The summed E-state index contributed by atoms with van der Waals surface area (Å²) in [6, 6.07) is 7.72. The van der Waals surface area contributed by atoms with E-state index in [0.29, 0.717) is 32.7 Å². The number of rotatable bonds is 2. The number of hydrogen-bond acceptors (Lipinski definition) is 4. The van der Waals surface area contributed by atoms with Gasteiger partial charge in [-0.15, -0.1) is 0 Å². The smallest absolute Gasteiger partial charge is 0.239 e. The zero-order valence-corrected chi connectivity index (χ0v) is 13.3. The first kappa shape index (κ1) is 15.0. The van der Waals surface area contributed by atoms with Crippen molar-refractivity contribution in [3.05, 3.63) is 34.3 Å². The maximum absolute atomic E-state index is 12.5. The Kier molecular flexibility index (Phi) is 4.59. The van der Waals surface area contributed by atoms with Crippen molar-refractivity contribution in [2.45, 2.75) is 24.7 Å². The number of carbonyl (C=O) groups excluding carboxylic acids is 1. The molecule has 1 amide bonds. The van der Waals surface area contributed by atoms with Crippen LogP contribution in [-0.2, 0) is 9.53 Å². The van der Waals surface area contributed by atoms with Crippen molar-refractivity contribution in [1.82, 2.24) is 10.2 Å². The molecule has 2 N–H and O–H groups in total. The molecule has 5 nitrogen and oxygen atoms in total. The van der Waals surface area contributed by atoms with Crippen LogP contribution in [0.25, 0.3) is 0 Å². The Morgan fingerprint density at radius 3 is 3.05 bits per heavy atom. The first-order valence-corrected chi connectivity index (χ1v) is 8.00. The number of nitrogens with one attached hydrogen (secondary N) is 1.